The van der Waals surface area contributed by atoms with Crippen LogP contribution in [-0.4, -0.2) is 34.7 Å². The predicted molar refractivity (Wildman–Crippen MR) is 87.6 cm³/mol. The van der Waals surface area contributed by atoms with Gasteiger partial charge in [0.2, 0.25) is 0 Å². The topological polar surface area (TPSA) is 32.7 Å². The monoisotopic (exact) mass is 353 g/mol. The van der Waals surface area contributed by atoms with E-state index in [1.807, 2.05) is 18.2 Å². The van der Waals surface area contributed by atoms with E-state index >= 15 is 0 Å². The van der Waals surface area contributed by atoms with Gasteiger partial charge in [-0.2, -0.15) is 0 Å². The van der Waals surface area contributed by atoms with Gasteiger partial charge in [-0.1, -0.05) is 15.9 Å². The number of rotatable bonds is 1. The van der Waals surface area contributed by atoms with Crippen molar-refractivity contribution in [3.63, 3.8) is 0 Å². The molecule has 0 amide bonds. The molecule has 116 valence electrons. The van der Waals surface area contributed by atoms with E-state index in [2.05, 4.69) is 34.7 Å². The molecule has 1 unspecified atom stereocenters. The van der Waals surface area contributed by atoms with Crippen LogP contribution in [0.15, 0.2) is 22.7 Å². The van der Waals surface area contributed by atoms with Crippen LogP contribution >= 0.6 is 15.9 Å². The highest BCUT2D eigenvalue weighted by atomic mass is 79.9. The summed E-state index contributed by atoms with van der Waals surface area (Å²) in [5.41, 5.74) is 0.726. The SMILES string of the molecule is CC(C)N1CCCC2(CC1)C[C@@H](O)c1cc(Br)ccc1O2. The Morgan fingerprint density at radius 3 is 2.90 bits per heavy atom. The maximum Gasteiger partial charge on any atom is 0.126 e. The fourth-order valence-electron chi connectivity index (χ4n) is 3.62. The number of benzene rings is 1. The van der Waals surface area contributed by atoms with Crippen molar-refractivity contribution in [1.82, 2.24) is 4.90 Å². The highest BCUT2D eigenvalue weighted by Crippen LogP contribution is 2.45. The van der Waals surface area contributed by atoms with E-state index in [1.54, 1.807) is 0 Å². The molecule has 1 saturated heterocycles. The molecule has 21 heavy (non-hydrogen) atoms. The molecule has 0 radical (unpaired) electrons. The van der Waals surface area contributed by atoms with Crippen molar-refractivity contribution in [1.29, 1.82) is 0 Å². The fourth-order valence-corrected chi connectivity index (χ4v) is 4.00. The van der Waals surface area contributed by atoms with Gasteiger partial charge in [0.05, 0.1) is 6.10 Å². The van der Waals surface area contributed by atoms with Crippen molar-refractivity contribution >= 4 is 15.9 Å². The zero-order valence-electron chi connectivity index (χ0n) is 12.8. The molecular formula is C17H24BrNO2. The molecule has 1 N–H and O–H groups in total. The number of aliphatic hydroxyl groups excluding tert-OH is 1. The van der Waals surface area contributed by atoms with Gasteiger partial charge < -0.3 is 14.7 Å². The van der Waals surface area contributed by atoms with Gasteiger partial charge in [-0.25, -0.2) is 0 Å². The predicted octanol–water partition coefficient (Wildman–Crippen LogP) is 3.90. The van der Waals surface area contributed by atoms with Gasteiger partial charge in [-0.05, 0) is 57.9 Å². The molecule has 1 aromatic rings. The molecule has 1 spiro atoms. The molecule has 2 aliphatic heterocycles. The number of nitrogens with zero attached hydrogens (tertiary/aromatic N) is 1. The van der Waals surface area contributed by atoms with Crippen LogP contribution in [0, 0.1) is 0 Å². The first-order chi connectivity index (χ1) is 9.99. The molecule has 0 aromatic heterocycles. The molecule has 0 bridgehead atoms. The number of halogens is 1. The minimum absolute atomic E-state index is 0.191. The third-order valence-electron chi connectivity index (χ3n) is 4.89. The first-order valence-electron chi connectivity index (χ1n) is 7.90. The standard InChI is InChI=1S/C17H24BrNO2/c1-12(2)19-8-3-6-17(7-9-19)11-15(20)14-10-13(18)4-5-16(14)21-17/h4-5,10,12,15,20H,3,6-9,11H2,1-2H3/t15-,17?/m1/s1. The van der Waals surface area contributed by atoms with Crippen molar-refractivity contribution in [2.75, 3.05) is 13.1 Å². The van der Waals surface area contributed by atoms with Crippen LogP contribution in [0.2, 0.25) is 0 Å². The van der Waals surface area contributed by atoms with Crippen molar-refractivity contribution in [3.8, 4) is 5.75 Å². The lowest BCUT2D eigenvalue weighted by Crippen LogP contribution is -2.42. The van der Waals surface area contributed by atoms with Crippen LogP contribution in [0.25, 0.3) is 0 Å². The summed E-state index contributed by atoms with van der Waals surface area (Å²) in [6.45, 7) is 6.69. The number of hydrogen-bond donors (Lipinski definition) is 1. The van der Waals surface area contributed by atoms with Crippen LogP contribution in [-0.2, 0) is 0 Å². The molecule has 1 fully saturated rings. The van der Waals surface area contributed by atoms with Crippen LogP contribution in [0.5, 0.6) is 5.75 Å². The first-order valence-corrected chi connectivity index (χ1v) is 8.69. The third kappa shape index (κ3) is 3.13. The second-order valence-corrected chi connectivity index (χ2v) is 7.59. The maximum absolute atomic E-state index is 10.6. The Balaban J connectivity index is 1.82. The minimum Gasteiger partial charge on any atom is -0.487 e. The average molecular weight is 354 g/mol. The normalized spacial score (nSPS) is 30.0. The molecule has 0 saturated carbocycles. The van der Waals surface area contributed by atoms with Gasteiger partial charge in [-0.3, -0.25) is 0 Å². The Morgan fingerprint density at radius 1 is 1.33 bits per heavy atom. The van der Waals surface area contributed by atoms with E-state index in [1.165, 1.54) is 0 Å². The van der Waals surface area contributed by atoms with Crippen molar-refractivity contribution in [2.45, 2.75) is 57.3 Å². The van der Waals surface area contributed by atoms with Crippen molar-refractivity contribution in [2.24, 2.45) is 0 Å². The summed E-state index contributed by atoms with van der Waals surface area (Å²) < 4.78 is 7.38. The molecular weight excluding hydrogens is 330 g/mol. The van der Waals surface area contributed by atoms with E-state index in [0.717, 1.165) is 48.1 Å². The lowest BCUT2D eigenvalue weighted by Gasteiger charge is -2.40. The summed E-state index contributed by atoms with van der Waals surface area (Å²) in [4.78, 5) is 2.52. The molecule has 3 nitrogen and oxygen atoms in total. The lowest BCUT2D eigenvalue weighted by molar-refractivity contribution is -0.0243. The summed E-state index contributed by atoms with van der Waals surface area (Å²) in [7, 11) is 0. The summed E-state index contributed by atoms with van der Waals surface area (Å²) in [6.07, 6.45) is 3.46. The largest absolute Gasteiger partial charge is 0.487 e. The highest BCUT2D eigenvalue weighted by molar-refractivity contribution is 9.10. The van der Waals surface area contributed by atoms with Crippen LogP contribution in [0.3, 0.4) is 0 Å². The second kappa shape index (κ2) is 5.90. The zero-order valence-corrected chi connectivity index (χ0v) is 14.4. The lowest BCUT2D eigenvalue weighted by atomic mass is 9.83. The van der Waals surface area contributed by atoms with Crippen molar-refractivity contribution < 1.29 is 9.84 Å². The second-order valence-electron chi connectivity index (χ2n) is 6.67. The Bertz CT molecular complexity index is 520. The molecule has 4 heteroatoms. The molecule has 0 aliphatic carbocycles. The van der Waals surface area contributed by atoms with Crippen LogP contribution in [0.4, 0.5) is 0 Å². The van der Waals surface area contributed by atoms with E-state index in [0.29, 0.717) is 12.5 Å². The van der Waals surface area contributed by atoms with Crippen molar-refractivity contribution in [3.05, 3.63) is 28.2 Å². The summed E-state index contributed by atoms with van der Waals surface area (Å²) in [6, 6.07) is 6.53. The van der Waals surface area contributed by atoms with Gasteiger partial charge in [0.1, 0.15) is 11.4 Å². The Labute approximate surface area is 135 Å². The Kier molecular flexibility index (Phi) is 4.30. The number of hydrogen-bond acceptors (Lipinski definition) is 3. The van der Waals surface area contributed by atoms with Gasteiger partial charge in [0.25, 0.3) is 0 Å². The van der Waals surface area contributed by atoms with Gasteiger partial charge >= 0.3 is 0 Å². The molecule has 2 heterocycles. The molecule has 2 aliphatic rings. The number of ether oxygens (including phenoxy) is 1. The minimum atomic E-state index is -0.420. The summed E-state index contributed by atoms with van der Waals surface area (Å²) >= 11 is 3.47. The van der Waals surface area contributed by atoms with E-state index in [4.69, 9.17) is 4.74 Å². The Hall–Kier alpha value is -0.580. The van der Waals surface area contributed by atoms with Gasteiger partial charge in [0, 0.05) is 29.0 Å². The first kappa shape index (κ1) is 15.3. The number of fused-ring (bicyclic) bond motifs is 1. The smallest absolute Gasteiger partial charge is 0.126 e. The number of likely N-dealkylation sites (tertiary alicyclic amines) is 1. The van der Waals surface area contributed by atoms with Gasteiger partial charge in [0.15, 0.2) is 0 Å². The van der Waals surface area contributed by atoms with E-state index in [9.17, 15) is 5.11 Å². The maximum atomic E-state index is 10.6. The molecule has 1 aromatic carbocycles. The molecule has 2 atom stereocenters. The third-order valence-corrected chi connectivity index (χ3v) is 5.38. The van der Waals surface area contributed by atoms with Crippen LogP contribution in [0.1, 0.15) is 51.2 Å². The summed E-state index contributed by atoms with van der Waals surface area (Å²) in [5.74, 6) is 0.856. The highest BCUT2D eigenvalue weighted by Gasteiger charge is 2.41. The average Bonchev–Trinajstić information content (AvgIpc) is 2.63. The van der Waals surface area contributed by atoms with Gasteiger partial charge in [-0.15, -0.1) is 0 Å². The molecule has 3 rings (SSSR count). The van der Waals surface area contributed by atoms with Crippen LogP contribution < -0.4 is 4.74 Å². The quantitative estimate of drug-likeness (QED) is 0.830. The zero-order chi connectivity index (χ0) is 15.0. The van der Waals surface area contributed by atoms with E-state index < -0.39 is 6.10 Å². The summed E-state index contributed by atoms with van der Waals surface area (Å²) in [5, 5.41) is 10.6. The Morgan fingerprint density at radius 2 is 2.14 bits per heavy atom. The number of aliphatic hydroxyl groups is 1. The fraction of sp³-hybridized carbons (Fsp3) is 0.647. The van der Waals surface area contributed by atoms with E-state index in [-0.39, 0.29) is 5.60 Å².